The van der Waals surface area contributed by atoms with Gasteiger partial charge in [-0.05, 0) is 37.1 Å². The average molecular weight is 420 g/mol. The molecule has 0 spiro atoms. The van der Waals surface area contributed by atoms with Gasteiger partial charge >= 0.3 is 6.36 Å². The van der Waals surface area contributed by atoms with Crippen LogP contribution in [0.3, 0.4) is 0 Å². The molecule has 27 heavy (non-hydrogen) atoms. The van der Waals surface area contributed by atoms with Crippen molar-refractivity contribution in [3.05, 3.63) is 24.3 Å². The van der Waals surface area contributed by atoms with Crippen molar-refractivity contribution in [3.63, 3.8) is 0 Å². The Morgan fingerprint density at radius 1 is 1.19 bits per heavy atom. The van der Waals surface area contributed by atoms with Crippen molar-refractivity contribution in [2.24, 2.45) is 10.9 Å². The average Bonchev–Trinajstić information content (AvgIpc) is 3.28. The number of nitrogens with zero attached hydrogens (tertiary/aromatic N) is 2. The van der Waals surface area contributed by atoms with Gasteiger partial charge in [0, 0.05) is 16.9 Å². The zero-order valence-corrected chi connectivity index (χ0v) is 15.5. The van der Waals surface area contributed by atoms with Gasteiger partial charge in [0.25, 0.3) is 5.91 Å². The number of aliphatic imine (C=N–C) groups is 1. The predicted molar refractivity (Wildman–Crippen MR) is 94.6 cm³/mol. The molecule has 11 heteroatoms. The van der Waals surface area contributed by atoms with Crippen molar-refractivity contribution >= 4 is 38.4 Å². The maximum atomic E-state index is 12.3. The normalized spacial score (nSPS) is 28.4. The lowest BCUT2D eigenvalue weighted by atomic mass is 10.2. The third-order valence-electron chi connectivity index (χ3n) is 4.55. The predicted octanol–water partition coefficient (Wildman–Crippen LogP) is 2.60. The summed E-state index contributed by atoms with van der Waals surface area (Å²) in [4.78, 5) is 17.9. The summed E-state index contributed by atoms with van der Waals surface area (Å²) in [6, 6.07) is 4.73. The van der Waals surface area contributed by atoms with Crippen LogP contribution in [0.1, 0.15) is 12.8 Å². The van der Waals surface area contributed by atoms with E-state index in [2.05, 4.69) is 9.73 Å². The number of anilines is 1. The largest absolute Gasteiger partial charge is 0.573 e. The Bertz CT molecular complexity index is 895. The molecule has 0 aromatic heterocycles. The minimum Gasteiger partial charge on any atom is -0.406 e. The number of amides is 1. The monoisotopic (exact) mass is 420 g/mol. The molecule has 3 fully saturated rings. The Hall–Kier alpha value is -1.75. The number of benzene rings is 1. The lowest BCUT2D eigenvalue weighted by molar-refractivity contribution is -0.274. The molecular formula is C16H15F3N2O4S2. The minimum absolute atomic E-state index is 0.00919. The molecule has 1 aromatic rings. The Kier molecular flexibility index (Phi) is 4.41. The highest BCUT2D eigenvalue weighted by molar-refractivity contribution is 8.16. The summed E-state index contributed by atoms with van der Waals surface area (Å²) < 4.78 is 64.8. The van der Waals surface area contributed by atoms with Gasteiger partial charge in [0.2, 0.25) is 0 Å². The molecule has 2 saturated heterocycles. The van der Waals surface area contributed by atoms with Gasteiger partial charge in [-0.2, -0.15) is 4.99 Å². The fourth-order valence-electron chi connectivity index (χ4n) is 3.19. The van der Waals surface area contributed by atoms with Crippen molar-refractivity contribution in [1.29, 1.82) is 0 Å². The van der Waals surface area contributed by atoms with E-state index in [1.165, 1.54) is 23.9 Å². The van der Waals surface area contributed by atoms with E-state index >= 15 is 0 Å². The number of hydrogen-bond acceptors (Lipinski definition) is 5. The van der Waals surface area contributed by atoms with Gasteiger partial charge in [-0.1, -0.05) is 11.8 Å². The highest BCUT2D eigenvalue weighted by Crippen LogP contribution is 2.42. The van der Waals surface area contributed by atoms with Gasteiger partial charge in [0.15, 0.2) is 15.0 Å². The van der Waals surface area contributed by atoms with Gasteiger partial charge in [-0.3, -0.25) is 4.79 Å². The lowest BCUT2D eigenvalue weighted by Crippen LogP contribution is -2.37. The van der Waals surface area contributed by atoms with Crippen LogP contribution in [0, 0.1) is 5.92 Å². The number of thioether (sulfide) groups is 1. The number of sulfone groups is 1. The molecule has 0 N–H and O–H groups in total. The molecular weight excluding hydrogens is 405 g/mol. The molecule has 0 unspecified atom stereocenters. The Balaban J connectivity index is 1.64. The van der Waals surface area contributed by atoms with Crippen molar-refractivity contribution in [1.82, 2.24) is 0 Å². The summed E-state index contributed by atoms with van der Waals surface area (Å²) in [5, 5.41) is 0.146. The van der Waals surface area contributed by atoms with Crippen LogP contribution in [-0.2, 0) is 14.6 Å². The maximum Gasteiger partial charge on any atom is 0.573 e. The summed E-state index contributed by atoms with van der Waals surface area (Å²) in [5.74, 6) is -0.775. The van der Waals surface area contributed by atoms with Gasteiger partial charge in [-0.25, -0.2) is 8.42 Å². The number of carbonyl (C=O) groups excluding carboxylic acids is 1. The Labute approximate surface area is 157 Å². The molecule has 2 aliphatic heterocycles. The Morgan fingerprint density at radius 3 is 2.44 bits per heavy atom. The Morgan fingerprint density at radius 2 is 1.85 bits per heavy atom. The zero-order chi connectivity index (χ0) is 19.4. The van der Waals surface area contributed by atoms with Crippen LogP contribution < -0.4 is 9.64 Å². The standard InChI is InChI=1S/C16H15F3N2O4S2/c17-16(18,19)25-11-5-3-10(4-6-11)21-12-7-27(23,24)8-13(12)26-15(21)20-14(22)9-1-2-9/h3-6,9,12-13H,1-2,7-8H2/t12-,13+/m1/s1. The summed E-state index contributed by atoms with van der Waals surface area (Å²) >= 11 is 1.24. The fourth-order valence-corrected chi connectivity index (χ4v) is 7.11. The molecule has 1 aliphatic carbocycles. The van der Waals surface area contributed by atoms with Crippen LogP contribution in [0.5, 0.6) is 5.75 Å². The first-order valence-corrected chi connectivity index (χ1v) is 11.0. The zero-order valence-electron chi connectivity index (χ0n) is 13.8. The number of carbonyl (C=O) groups is 1. The molecule has 2 atom stereocenters. The molecule has 1 saturated carbocycles. The first-order chi connectivity index (χ1) is 12.6. The van der Waals surface area contributed by atoms with E-state index in [1.807, 2.05) is 0 Å². The van der Waals surface area contributed by atoms with Crippen molar-refractivity contribution in [2.75, 3.05) is 16.4 Å². The summed E-state index contributed by atoms with van der Waals surface area (Å²) in [6.07, 6.45) is -3.20. The van der Waals surface area contributed by atoms with E-state index in [-0.39, 0.29) is 34.3 Å². The SMILES string of the molecule is O=C(N=C1S[C@H]2CS(=O)(=O)C[C@H]2N1c1ccc(OC(F)(F)F)cc1)C1CC1. The molecule has 3 aliphatic rings. The number of hydrogen-bond donors (Lipinski definition) is 0. The van der Waals surface area contributed by atoms with Crippen LogP contribution in [0.2, 0.25) is 0 Å². The molecule has 1 amide bonds. The topological polar surface area (TPSA) is 76.0 Å². The molecule has 4 rings (SSSR count). The van der Waals surface area contributed by atoms with E-state index in [1.54, 1.807) is 4.90 Å². The molecule has 146 valence electrons. The van der Waals surface area contributed by atoms with Gasteiger partial charge < -0.3 is 9.64 Å². The number of halogens is 3. The first-order valence-electron chi connectivity index (χ1n) is 8.26. The van der Waals surface area contributed by atoms with Gasteiger partial charge in [0.1, 0.15) is 5.75 Å². The van der Waals surface area contributed by atoms with E-state index in [0.29, 0.717) is 10.9 Å². The smallest absolute Gasteiger partial charge is 0.406 e. The highest BCUT2D eigenvalue weighted by atomic mass is 32.2. The molecule has 1 aromatic carbocycles. The second-order valence-corrected chi connectivity index (χ2v) is 10.1. The molecule has 0 radical (unpaired) electrons. The van der Waals surface area contributed by atoms with Crippen LogP contribution >= 0.6 is 11.8 Å². The number of rotatable bonds is 3. The minimum atomic E-state index is -4.79. The second-order valence-electron chi connectivity index (χ2n) is 6.72. The molecule has 6 nitrogen and oxygen atoms in total. The van der Waals surface area contributed by atoms with Crippen LogP contribution in [-0.4, -0.2) is 48.7 Å². The fraction of sp³-hybridized carbons (Fsp3) is 0.500. The quantitative estimate of drug-likeness (QED) is 0.748. The van der Waals surface area contributed by atoms with Crippen molar-refractivity contribution < 1.29 is 31.1 Å². The second kappa shape index (κ2) is 6.40. The molecule has 2 heterocycles. The molecule has 0 bridgehead atoms. The number of ether oxygens (including phenoxy) is 1. The summed E-state index contributed by atoms with van der Waals surface area (Å²) in [5.41, 5.74) is 0.476. The summed E-state index contributed by atoms with van der Waals surface area (Å²) in [6.45, 7) is 0. The van der Waals surface area contributed by atoms with Crippen LogP contribution in [0.25, 0.3) is 0 Å². The number of fused-ring (bicyclic) bond motifs is 1. The third kappa shape index (κ3) is 4.08. The lowest BCUT2D eigenvalue weighted by Gasteiger charge is -2.24. The van der Waals surface area contributed by atoms with Gasteiger partial charge in [-0.15, -0.1) is 13.2 Å². The van der Waals surface area contributed by atoms with E-state index in [9.17, 15) is 26.4 Å². The van der Waals surface area contributed by atoms with Gasteiger partial charge in [0.05, 0.1) is 17.5 Å². The summed E-state index contributed by atoms with van der Waals surface area (Å²) in [7, 11) is -3.21. The number of alkyl halides is 3. The van der Waals surface area contributed by atoms with E-state index in [0.717, 1.165) is 25.0 Å². The van der Waals surface area contributed by atoms with E-state index < -0.39 is 22.2 Å². The van der Waals surface area contributed by atoms with Crippen LogP contribution in [0.15, 0.2) is 29.3 Å². The highest BCUT2D eigenvalue weighted by Gasteiger charge is 2.49. The third-order valence-corrected chi connectivity index (χ3v) is 7.76. The van der Waals surface area contributed by atoms with E-state index in [4.69, 9.17) is 0 Å². The maximum absolute atomic E-state index is 12.3. The van der Waals surface area contributed by atoms with Crippen LogP contribution in [0.4, 0.5) is 18.9 Å². The van der Waals surface area contributed by atoms with Crippen molar-refractivity contribution in [2.45, 2.75) is 30.5 Å². The van der Waals surface area contributed by atoms with Crippen molar-refractivity contribution in [3.8, 4) is 5.75 Å². The number of amidine groups is 1. The first kappa shape index (κ1) is 18.6.